The summed E-state index contributed by atoms with van der Waals surface area (Å²) in [5.74, 6) is 0.460. The molecule has 0 aromatic carbocycles. The summed E-state index contributed by atoms with van der Waals surface area (Å²) < 4.78 is 0. The van der Waals surface area contributed by atoms with E-state index < -0.39 is 0 Å². The molecule has 0 unspecified atom stereocenters. The van der Waals surface area contributed by atoms with E-state index in [4.69, 9.17) is 4.98 Å². The van der Waals surface area contributed by atoms with E-state index in [9.17, 15) is 0 Å². The van der Waals surface area contributed by atoms with Crippen LogP contribution in [0.5, 0.6) is 0 Å². The number of hydrogen-bond acceptors (Lipinski definition) is 6. The van der Waals surface area contributed by atoms with Crippen molar-refractivity contribution in [1.29, 1.82) is 0 Å². The topological polar surface area (TPSA) is 41.0 Å². The van der Waals surface area contributed by atoms with E-state index in [0.29, 0.717) is 5.92 Å². The Morgan fingerprint density at radius 1 is 1.33 bits per heavy atom. The van der Waals surface area contributed by atoms with E-state index in [-0.39, 0.29) is 0 Å². The highest BCUT2D eigenvalue weighted by molar-refractivity contribution is 7.15. The number of aryl methyl sites for hydroxylation is 1. The second-order valence-electron chi connectivity index (χ2n) is 5.46. The number of hydrogen-bond donors (Lipinski definition) is 1. The van der Waals surface area contributed by atoms with Crippen molar-refractivity contribution in [3.8, 4) is 0 Å². The van der Waals surface area contributed by atoms with Gasteiger partial charge in [-0.1, -0.05) is 20.8 Å². The summed E-state index contributed by atoms with van der Waals surface area (Å²) in [4.78, 5) is 14.1. The number of rotatable bonds is 7. The molecule has 2 aromatic rings. The third-order valence-electron chi connectivity index (χ3n) is 3.35. The third-order valence-corrected chi connectivity index (χ3v) is 5.46. The van der Waals surface area contributed by atoms with Crippen molar-refractivity contribution in [2.24, 2.45) is 0 Å². The molecule has 2 aromatic heterocycles. The molecular weight excluding hydrogens is 300 g/mol. The largest absolute Gasteiger partial charge is 0.346 e. The summed E-state index contributed by atoms with van der Waals surface area (Å²) >= 11 is 3.52. The van der Waals surface area contributed by atoms with E-state index >= 15 is 0 Å². The fraction of sp³-hybridized carbons (Fsp3) is 0.600. The predicted molar refractivity (Wildman–Crippen MR) is 92.5 cm³/mol. The minimum Gasteiger partial charge on any atom is -0.346 e. The van der Waals surface area contributed by atoms with Crippen LogP contribution in [0.25, 0.3) is 0 Å². The van der Waals surface area contributed by atoms with Gasteiger partial charge >= 0.3 is 0 Å². The lowest BCUT2D eigenvalue weighted by Gasteiger charge is -2.14. The van der Waals surface area contributed by atoms with E-state index in [1.807, 2.05) is 5.51 Å². The average Bonchev–Trinajstić information content (AvgIpc) is 3.03. The third kappa shape index (κ3) is 4.02. The summed E-state index contributed by atoms with van der Waals surface area (Å²) in [5.41, 5.74) is 4.26. The Kier molecular flexibility index (Phi) is 5.72. The molecule has 0 fully saturated rings. The van der Waals surface area contributed by atoms with Crippen molar-refractivity contribution >= 4 is 27.8 Å². The molecule has 0 atom stereocenters. The van der Waals surface area contributed by atoms with Crippen LogP contribution in [0.15, 0.2) is 5.51 Å². The van der Waals surface area contributed by atoms with Crippen molar-refractivity contribution in [1.82, 2.24) is 15.3 Å². The summed E-state index contributed by atoms with van der Waals surface area (Å²) in [6.45, 7) is 11.4. The van der Waals surface area contributed by atoms with Gasteiger partial charge in [-0.15, -0.1) is 22.7 Å². The van der Waals surface area contributed by atoms with Crippen molar-refractivity contribution in [3.63, 3.8) is 0 Å². The molecule has 0 aliphatic carbocycles. The zero-order valence-corrected chi connectivity index (χ0v) is 15.1. The quantitative estimate of drug-likeness (QED) is 0.841. The SMILES string of the molecule is CCNCc1sc(N(C)Cc2scnc2C)nc1C(C)C. The number of anilines is 1. The van der Waals surface area contributed by atoms with Crippen LogP contribution in [-0.4, -0.2) is 23.6 Å². The molecular formula is C15H24N4S2. The number of thiazole rings is 2. The average molecular weight is 325 g/mol. The van der Waals surface area contributed by atoms with Crippen LogP contribution in [0.4, 0.5) is 5.13 Å². The number of nitrogens with one attached hydrogen (secondary N) is 1. The number of aromatic nitrogens is 2. The Morgan fingerprint density at radius 2 is 2.10 bits per heavy atom. The molecule has 1 N–H and O–H groups in total. The highest BCUT2D eigenvalue weighted by Gasteiger charge is 2.17. The normalized spacial score (nSPS) is 11.3. The highest BCUT2D eigenvalue weighted by atomic mass is 32.1. The second-order valence-corrected chi connectivity index (χ2v) is 7.46. The summed E-state index contributed by atoms with van der Waals surface area (Å²) in [6.07, 6.45) is 0. The minimum absolute atomic E-state index is 0.460. The minimum atomic E-state index is 0.460. The first kappa shape index (κ1) is 16.4. The second kappa shape index (κ2) is 7.33. The Balaban J connectivity index is 2.17. The zero-order valence-electron chi connectivity index (χ0n) is 13.4. The maximum absolute atomic E-state index is 4.86. The maximum Gasteiger partial charge on any atom is 0.185 e. The van der Waals surface area contributed by atoms with Crippen molar-refractivity contribution < 1.29 is 0 Å². The van der Waals surface area contributed by atoms with Gasteiger partial charge in [-0.2, -0.15) is 0 Å². The molecule has 6 heteroatoms. The molecule has 0 radical (unpaired) electrons. The Labute approximate surface area is 135 Å². The van der Waals surface area contributed by atoms with Gasteiger partial charge in [-0.05, 0) is 19.4 Å². The van der Waals surface area contributed by atoms with Gasteiger partial charge in [-0.3, -0.25) is 0 Å². The van der Waals surface area contributed by atoms with Gasteiger partial charge in [0.25, 0.3) is 0 Å². The van der Waals surface area contributed by atoms with Crippen LogP contribution in [0.3, 0.4) is 0 Å². The molecule has 0 spiro atoms. The standard InChI is InChI=1S/C15H24N4S2/c1-6-16-7-12-14(10(2)3)18-15(21-12)19(5)8-13-11(4)17-9-20-13/h9-10,16H,6-8H2,1-5H3. The van der Waals surface area contributed by atoms with Gasteiger partial charge in [0.2, 0.25) is 0 Å². The molecule has 2 heterocycles. The first-order valence-electron chi connectivity index (χ1n) is 7.33. The van der Waals surface area contributed by atoms with Gasteiger partial charge in [0.15, 0.2) is 5.13 Å². The molecule has 0 amide bonds. The molecule has 0 aliphatic heterocycles. The van der Waals surface area contributed by atoms with Crippen molar-refractivity contribution in [3.05, 3.63) is 26.7 Å². The first-order chi connectivity index (χ1) is 10.0. The molecule has 0 saturated heterocycles. The lowest BCUT2D eigenvalue weighted by molar-refractivity contribution is 0.713. The fourth-order valence-corrected chi connectivity index (χ4v) is 4.07. The maximum atomic E-state index is 4.86. The molecule has 0 aliphatic rings. The Hall–Kier alpha value is -0.980. The van der Waals surface area contributed by atoms with Crippen LogP contribution >= 0.6 is 22.7 Å². The van der Waals surface area contributed by atoms with E-state index in [1.54, 1.807) is 22.7 Å². The molecule has 0 bridgehead atoms. The van der Waals surface area contributed by atoms with Crippen molar-refractivity contribution in [2.75, 3.05) is 18.5 Å². The first-order valence-corrected chi connectivity index (χ1v) is 9.02. The summed E-state index contributed by atoms with van der Waals surface area (Å²) in [7, 11) is 2.11. The van der Waals surface area contributed by atoms with Crippen LogP contribution in [0.1, 0.15) is 47.8 Å². The Morgan fingerprint density at radius 3 is 2.67 bits per heavy atom. The van der Waals surface area contributed by atoms with Gasteiger partial charge in [-0.25, -0.2) is 9.97 Å². The summed E-state index contributed by atoms with van der Waals surface area (Å²) in [6, 6.07) is 0. The molecule has 0 saturated carbocycles. The lowest BCUT2D eigenvalue weighted by atomic mass is 10.1. The van der Waals surface area contributed by atoms with Crippen LogP contribution in [-0.2, 0) is 13.1 Å². The van der Waals surface area contributed by atoms with Crippen LogP contribution in [0, 0.1) is 6.92 Å². The lowest BCUT2D eigenvalue weighted by Crippen LogP contribution is -2.16. The van der Waals surface area contributed by atoms with Gasteiger partial charge in [0, 0.05) is 23.3 Å². The highest BCUT2D eigenvalue weighted by Crippen LogP contribution is 2.31. The van der Waals surface area contributed by atoms with Gasteiger partial charge in [0.1, 0.15) is 0 Å². The fourth-order valence-electron chi connectivity index (χ4n) is 2.09. The van der Waals surface area contributed by atoms with E-state index in [1.165, 1.54) is 15.4 Å². The van der Waals surface area contributed by atoms with Gasteiger partial charge < -0.3 is 10.2 Å². The van der Waals surface area contributed by atoms with E-state index in [2.05, 4.69) is 49.9 Å². The monoisotopic (exact) mass is 324 g/mol. The van der Waals surface area contributed by atoms with E-state index in [0.717, 1.165) is 30.5 Å². The smallest absolute Gasteiger partial charge is 0.185 e. The van der Waals surface area contributed by atoms with Crippen LogP contribution < -0.4 is 10.2 Å². The van der Waals surface area contributed by atoms with Crippen LogP contribution in [0.2, 0.25) is 0 Å². The van der Waals surface area contributed by atoms with Crippen molar-refractivity contribution in [2.45, 2.75) is 46.7 Å². The molecule has 116 valence electrons. The number of nitrogens with zero attached hydrogens (tertiary/aromatic N) is 3. The predicted octanol–water partition coefficient (Wildman–Crippen LogP) is 3.78. The summed E-state index contributed by atoms with van der Waals surface area (Å²) in [5, 5.41) is 4.51. The van der Waals surface area contributed by atoms with Gasteiger partial charge in [0.05, 0.1) is 23.4 Å². The zero-order chi connectivity index (χ0) is 15.4. The Bertz CT molecular complexity index is 574. The molecule has 2 rings (SSSR count). The molecule has 21 heavy (non-hydrogen) atoms. The molecule has 4 nitrogen and oxygen atoms in total.